The van der Waals surface area contributed by atoms with Crippen LogP contribution in [0.25, 0.3) is 0 Å². The van der Waals surface area contributed by atoms with E-state index in [9.17, 15) is 9.59 Å². The van der Waals surface area contributed by atoms with Gasteiger partial charge in [0.05, 0.1) is 13.1 Å². The van der Waals surface area contributed by atoms with Gasteiger partial charge in [-0.05, 0) is 56.4 Å². The van der Waals surface area contributed by atoms with E-state index < -0.39 is 0 Å². The first-order chi connectivity index (χ1) is 15.4. The van der Waals surface area contributed by atoms with Gasteiger partial charge in [0.15, 0.2) is 0 Å². The Morgan fingerprint density at radius 2 is 1.62 bits per heavy atom. The summed E-state index contributed by atoms with van der Waals surface area (Å²) in [6, 6.07) is 14.8. The average molecular weight is 435 g/mol. The van der Waals surface area contributed by atoms with Crippen LogP contribution >= 0.6 is 0 Å². The number of benzene rings is 2. The summed E-state index contributed by atoms with van der Waals surface area (Å²) in [5.41, 5.74) is 5.58. The molecule has 1 saturated heterocycles. The van der Waals surface area contributed by atoms with Gasteiger partial charge in [-0.15, -0.1) is 0 Å². The number of aryl methyl sites for hydroxylation is 3. The molecule has 0 aromatic heterocycles. The van der Waals surface area contributed by atoms with Crippen LogP contribution in [0, 0.1) is 13.8 Å². The van der Waals surface area contributed by atoms with Crippen LogP contribution in [0.5, 0.6) is 0 Å². The number of carbonyl (C=O) groups is 2. The number of piperazine rings is 1. The second-order valence-corrected chi connectivity index (χ2v) is 9.12. The molecule has 6 nitrogen and oxygen atoms in total. The third-order valence-corrected chi connectivity index (χ3v) is 6.81. The molecule has 0 radical (unpaired) electrons. The number of hydrogen-bond donors (Lipinski definition) is 1. The number of para-hydroxylation sites is 2. The van der Waals surface area contributed by atoms with Crippen molar-refractivity contribution in [3.8, 4) is 0 Å². The van der Waals surface area contributed by atoms with Gasteiger partial charge in [-0.25, -0.2) is 0 Å². The molecule has 1 fully saturated rings. The van der Waals surface area contributed by atoms with Gasteiger partial charge in [0.2, 0.25) is 11.8 Å². The van der Waals surface area contributed by atoms with E-state index in [0.29, 0.717) is 32.2 Å². The van der Waals surface area contributed by atoms with Crippen LogP contribution in [0.15, 0.2) is 42.5 Å². The molecule has 32 heavy (non-hydrogen) atoms. The monoisotopic (exact) mass is 434 g/mol. The zero-order valence-corrected chi connectivity index (χ0v) is 19.4. The molecule has 2 heterocycles. The highest BCUT2D eigenvalue weighted by molar-refractivity contribution is 5.93. The van der Waals surface area contributed by atoms with E-state index in [2.05, 4.69) is 46.3 Å². The maximum Gasteiger partial charge on any atom is 0.242 e. The number of nitrogens with zero attached hydrogens (tertiary/aromatic N) is 3. The summed E-state index contributed by atoms with van der Waals surface area (Å²) < 4.78 is 0. The van der Waals surface area contributed by atoms with Crippen molar-refractivity contribution in [2.45, 2.75) is 39.7 Å². The molecule has 2 aliphatic rings. The quantitative estimate of drug-likeness (QED) is 0.785. The Balaban J connectivity index is 1.28. The van der Waals surface area contributed by atoms with Crippen LogP contribution in [0.3, 0.4) is 0 Å². The maximum atomic E-state index is 13.1. The van der Waals surface area contributed by atoms with E-state index in [4.69, 9.17) is 0 Å². The summed E-state index contributed by atoms with van der Waals surface area (Å²) in [4.78, 5) is 32.0. The molecule has 4 rings (SSSR count). The van der Waals surface area contributed by atoms with Gasteiger partial charge < -0.3 is 15.1 Å². The highest BCUT2D eigenvalue weighted by Gasteiger charge is 2.28. The molecule has 6 heteroatoms. The van der Waals surface area contributed by atoms with E-state index in [1.54, 1.807) is 0 Å². The minimum Gasteiger partial charge on any atom is -0.359 e. The molecule has 0 saturated carbocycles. The molecule has 2 aromatic rings. The average Bonchev–Trinajstić information content (AvgIpc) is 2.79. The fraction of sp³-hybridized carbons (Fsp3) is 0.462. The predicted molar refractivity (Wildman–Crippen MR) is 129 cm³/mol. The van der Waals surface area contributed by atoms with E-state index in [-0.39, 0.29) is 11.8 Å². The molecule has 2 aromatic carbocycles. The standard InChI is InChI=1S/C26H34N4O2/c1-19-7-6-8-20(2)26(19)27-24(31)17-28-13-15-29(16-14-28)25(32)18-30-21(3)11-12-22-9-4-5-10-23(22)30/h4-10,21H,11-18H2,1-3H3,(H,27,31). The summed E-state index contributed by atoms with van der Waals surface area (Å²) in [7, 11) is 0. The normalized spacial score (nSPS) is 18.9. The number of fused-ring (bicyclic) bond motifs is 1. The lowest BCUT2D eigenvalue weighted by atomic mass is 9.96. The maximum absolute atomic E-state index is 13.1. The van der Waals surface area contributed by atoms with Gasteiger partial charge in [0.25, 0.3) is 0 Å². The van der Waals surface area contributed by atoms with Crippen molar-refractivity contribution in [3.05, 3.63) is 59.2 Å². The van der Waals surface area contributed by atoms with E-state index in [1.165, 1.54) is 11.3 Å². The topological polar surface area (TPSA) is 55.9 Å². The molecule has 0 bridgehead atoms. The summed E-state index contributed by atoms with van der Waals surface area (Å²) in [6.07, 6.45) is 2.15. The zero-order chi connectivity index (χ0) is 22.7. The molecule has 170 valence electrons. The highest BCUT2D eigenvalue weighted by atomic mass is 16.2. The lowest BCUT2D eigenvalue weighted by Crippen LogP contribution is -2.53. The molecular formula is C26H34N4O2. The largest absolute Gasteiger partial charge is 0.359 e. The number of rotatable bonds is 5. The van der Waals surface area contributed by atoms with E-state index in [1.807, 2.05) is 36.9 Å². The molecule has 1 atom stereocenters. The second kappa shape index (κ2) is 9.74. The van der Waals surface area contributed by atoms with Gasteiger partial charge in [-0.1, -0.05) is 36.4 Å². The smallest absolute Gasteiger partial charge is 0.242 e. The van der Waals surface area contributed by atoms with E-state index in [0.717, 1.165) is 42.7 Å². The van der Waals surface area contributed by atoms with E-state index >= 15 is 0 Å². The Kier molecular flexibility index (Phi) is 6.80. The fourth-order valence-corrected chi connectivity index (χ4v) is 4.80. The minimum atomic E-state index is 0.000857. The predicted octanol–water partition coefficient (Wildman–Crippen LogP) is 3.23. The summed E-state index contributed by atoms with van der Waals surface area (Å²) in [5, 5.41) is 3.06. The van der Waals surface area contributed by atoms with Crippen molar-refractivity contribution in [3.63, 3.8) is 0 Å². The van der Waals surface area contributed by atoms with Crippen molar-refractivity contribution in [1.29, 1.82) is 0 Å². The SMILES string of the molecule is Cc1cccc(C)c1NC(=O)CN1CCN(C(=O)CN2c3ccccc3CCC2C)CC1. The van der Waals surface area contributed by atoms with Crippen LogP contribution in [0.1, 0.15) is 30.0 Å². The number of carbonyl (C=O) groups excluding carboxylic acids is 2. The Morgan fingerprint density at radius 1 is 0.938 bits per heavy atom. The molecule has 2 amide bonds. The summed E-state index contributed by atoms with van der Waals surface area (Å²) >= 11 is 0. The lowest BCUT2D eigenvalue weighted by Gasteiger charge is -2.39. The summed E-state index contributed by atoms with van der Waals surface area (Å²) in [5.74, 6) is 0.175. The van der Waals surface area contributed by atoms with Crippen LogP contribution in [-0.2, 0) is 16.0 Å². The van der Waals surface area contributed by atoms with Crippen LogP contribution < -0.4 is 10.2 Å². The van der Waals surface area contributed by atoms with Crippen molar-refractivity contribution in [2.75, 3.05) is 49.5 Å². The van der Waals surface area contributed by atoms with Crippen molar-refractivity contribution in [1.82, 2.24) is 9.80 Å². The van der Waals surface area contributed by atoms with Crippen LogP contribution in [-0.4, -0.2) is 66.9 Å². The molecule has 0 spiro atoms. The molecular weight excluding hydrogens is 400 g/mol. The first-order valence-corrected chi connectivity index (χ1v) is 11.6. The second-order valence-electron chi connectivity index (χ2n) is 9.12. The molecule has 1 N–H and O–H groups in total. The first kappa shape index (κ1) is 22.3. The zero-order valence-electron chi connectivity index (χ0n) is 19.4. The molecule has 1 unspecified atom stereocenters. The Morgan fingerprint density at radius 3 is 2.34 bits per heavy atom. The van der Waals surface area contributed by atoms with Gasteiger partial charge in [-0.3, -0.25) is 14.5 Å². The van der Waals surface area contributed by atoms with Gasteiger partial charge in [0, 0.05) is 43.6 Å². The number of nitrogens with one attached hydrogen (secondary N) is 1. The molecule has 0 aliphatic carbocycles. The Labute approximate surface area is 191 Å². The van der Waals surface area contributed by atoms with Crippen LogP contribution in [0.2, 0.25) is 0 Å². The van der Waals surface area contributed by atoms with Crippen molar-refractivity contribution >= 4 is 23.2 Å². The lowest BCUT2D eigenvalue weighted by molar-refractivity contribution is -0.131. The summed E-state index contributed by atoms with van der Waals surface area (Å²) in [6.45, 7) is 9.77. The van der Waals surface area contributed by atoms with Crippen LogP contribution in [0.4, 0.5) is 11.4 Å². The number of amides is 2. The number of anilines is 2. The third kappa shape index (κ3) is 4.96. The third-order valence-electron chi connectivity index (χ3n) is 6.81. The first-order valence-electron chi connectivity index (χ1n) is 11.6. The fourth-order valence-electron chi connectivity index (χ4n) is 4.80. The van der Waals surface area contributed by atoms with Gasteiger partial charge >= 0.3 is 0 Å². The van der Waals surface area contributed by atoms with Gasteiger partial charge in [-0.2, -0.15) is 0 Å². The van der Waals surface area contributed by atoms with Crippen molar-refractivity contribution < 1.29 is 9.59 Å². The van der Waals surface area contributed by atoms with Crippen molar-refractivity contribution in [2.24, 2.45) is 0 Å². The number of hydrogen-bond acceptors (Lipinski definition) is 4. The molecule has 2 aliphatic heterocycles. The van der Waals surface area contributed by atoms with Gasteiger partial charge in [0.1, 0.15) is 0 Å². The highest BCUT2D eigenvalue weighted by Crippen LogP contribution is 2.30. The minimum absolute atomic E-state index is 0.000857. The Hall–Kier alpha value is -2.86. The Bertz CT molecular complexity index is 961.